The second kappa shape index (κ2) is 6.40. The Morgan fingerprint density at radius 2 is 2.18 bits per heavy atom. The fourth-order valence-corrected chi connectivity index (χ4v) is 1.45. The molecular weight excluding hydrogens is 222 g/mol. The smallest absolute Gasteiger partial charge is 0.314 e. The molecule has 17 heavy (non-hydrogen) atoms. The predicted molar refractivity (Wildman–Crippen MR) is 61.6 cm³/mol. The van der Waals surface area contributed by atoms with E-state index in [1.54, 1.807) is 13.2 Å². The average molecular weight is 235 g/mol. The summed E-state index contributed by atoms with van der Waals surface area (Å²) in [6.07, 6.45) is 0.251. The van der Waals surface area contributed by atoms with Crippen LogP contribution in [0.3, 0.4) is 0 Å². The molecule has 0 heterocycles. The lowest BCUT2D eigenvalue weighted by molar-refractivity contribution is -0.142. The van der Waals surface area contributed by atoms with Crippen molar-refractivity contribution in [1.29, 1.82) is 0 Å². The molecule has 0 aliphatic heterocycles. The van der Waals surface area contributed by atoms with Gasteiger partial charge >= 0.3 is 5.97 Å². The standard InChI is InChI=1S/C11H13N3O3/c1-16-10-6-4-3-5-8(10)7-9(13-14-12)11(15)17-2/h3-6,9H,7H2,1-2H3/t9-/m0/s1. The van der Waals surface area contributed by atoms with E-state index in [9.17, 15) is 4.79 Å². The summed E-state index contributed by atoms with van der Waals surface area (Å²) in [7, 11) is 2.80. The molecule has 90 valence electrons. The average Bonchev–Trinajstić information content (AvgIpc) is 2.38. The highest BCUT2D eigenvalue weighted by Crippen LogP contribution is 2.20. The molecule has 0 spiro atoms. The number of carbonyl (C=O) groups is 1. The van der Waals surface area contributed by atoms with Crippen molar-refractivity contribution in [1.82, 2.24) is 0 Å². The van der Waals surface area contributed by atoms with Crippen molar-refractivity contribution in [3.8, 4) is 5.75 Å². The molecule has 0 saturated carbocycles. The number of azide groups is 1. The topological polar surface area (TPSA) is 84.3 Å². The van der Waals surface area contributed by atoms with Gasteiger partial charge in [-0.15, -0.1) is 0 Å². The molecule has 6 heteroatoms. The number of para-hydroxylation sites is 1. The molecule has 1 atom stereocenters. The zero-order chi connectivity index (χ0) is 12.7. The van der Waals surface area contributed by atoms with Crippen molar-refractivity contribution in [2.75, 3.05) is 14.2 Å². The maximum atomic E-state index is 11.4. The highest BCUT2D eigenvalue weighted by molar-refractivity contribution is 5.76. The van der Waals surface area contributed by atoms with E-state index in [1.165, 1.54) is 7.11 Å². The Bertz CT molecular complexity index is 441. The number of benzene rings is 1. The first-order chi connectivity index (χ1) is 8.22. The Labute approximate surface area is 98.8 Å². The van der Waals surface area contributed by atoms with Crippen molar-refractivity contribution in [2.24, 2.45) is 5.11 Å². The van der Waals surface area contributed by atoms with E-state index in [1.807, 2.05) is 18.2 Å². The third-order valence-corrected chi connectivity index (χ3v) is 2.27. The molecule has 0 aliphatic rings. The number of ether oxygens (including phenoxy) is 2. The van der Waals surface area contributed by atoms with Gasteiger partial charge in [0.15, 0.2) is 0 Å². The van der Waals surface area contributed by atoms with Gasteiger partial charge in [0.05, 0.1) is 14.2 Å². The Hall–Kier alpha value is -2.20. The molecule has 0 saturated heterocycles. The maximum Gasteiger partial charge on any atom is 0.314 e. The van der Waals surface area contributed by atoms with Crippen LogP contribution < -0.4 is 4.74 Å². The molecule has 0 aromatic heterocycles. The minimum atomic E-state index is -0.874. The van der Waals surface area contributed by atoms with E-state index in [2.05, 4.69) is 14.8 Å². The van der Waals surface area contributed by atoms with Gasteiger partial charge in [0.2, 0.25) is 0 Å². The molecule has 0 amide bonds. The normalized spacial score (nSPS) is 11.2. The number of carbonyl (C=O) groups excluding carboxylic acids is 1. The fraction of sp³-hybridized carbons (Fsp3) is 0.364. The SMILES string of the molecule is COC(=O)[C@H](Cc1ccccc1OC)N=[N+]=[N-]. The van der Waals surface area contributed by atoms with E-state index >= 15 is 0 Å². The van der Waals surface area contributed by atoms with Crippen LogP contribution in [0.4, 0.5) is 0 Å². The molecule has 1 rings (SSSR count). The van der Waals surface area contributed by atoms with Crippen molar-refractivity contribution in [2.45, 2.75) is 12.5 Å². The summed E-state index contributed by atoms with van der Waals surface area (Å²) in [6, 6.07) is 6.36. The van der Waals surface area contributed by atoms with Crippen LogP contribution in [0.5, 0.6) is 5.75 Å². The molecule has 0 radical (unpaired) electrons. The van der Waals surface area contributed by atoms with E-state index in [-0.39, 0.29) is 6.42 Å². The van der Waals surface area contributed by atoms with Crippen LogP contribution in [0.25, 0.3) is 10.4 Å². The summed E-state index contributed by atoms with van der Waals surface area (Å²) < 4.78 is 9.72. The summed E-state index contributed by atoms with van der Waals surface area (Å²) in [6.45, 7) is 0. The lowest BCUT2D eigenvalue weighted by Crippen LogP contribution is -2.22. The Morgan fingerprint density at radius 1 is 1.47 bits per heavy atom. The van der Waals surface area contributed by atoms with Crippen LogP contribution in [0.1, 0.15) is 5.56 Å². The van der Waals surface area contributed by atoms with Crippen molar-refractivity contribution < 1.29 is 14.3 Å². The van der Waals surface area contributed by atoms with Crippen LogP contribution in [0.15, 0.2) is 29.4 Å². The van der Waals surface area contributed by atoms with Crippen molar-refractivity contribution >= 4 is 5.97 Å². The summed E-state index contributed by atoms with van der Waals surface area (Å²) in [5, 5.41) is 3.42. The summed E-state index contributed by atoms with van der Waals surface area (Å²) >= 11 is 0. The van der Waals surface area contributed by atoms with Gasteiger partial charge in [-0.3, -0.25) is 4.79 Å². The molecule has 1 aromatic carbocycles. The molecule has 0 N–H and O–H groups in total. The van der Waals surface area contributed by atoms with Crippen LogP contribution in [-0.2, 0) is 16.0 Å². The molecule has 6 nitrogen and oxygen atoms in total. The quantitative estimate of drug-likeness (QED) is 0.339. The zero-order valence-corrected chi connectivity index (χ0v) is 9.66. The highest BCUT2D eigenvalue weighted by Gasteiger charge is 2.19. The van der Waals surface area contributed by atoms with Gasteiger partial charge in [-0.1, -0.05) is 23.3 Å². The molecule has 0 fully saturated rings. The molecule has 0 unspecified atom stereocenters. The molecule has 0 bridgehead atoms. The number of esters is 1. The lowest BCUT2D eigenvalue weighted by atomic mass is 10.1. The van der Waals surface area contributed by atoms with Crippen LogP contribution in [0.2, 0.25) is 0 Å². The Kier molecular flexibility index (Phi) is 4.84. The number of hydrogen-bond donors (Lipinski definition) is 0. The van der Waals surface area contributed by atoms with E-state index < -0.39 is 12.0 Å². The molecule has 0 aliphatic carbocycles. The zero-order valence-electron chi connectivity index (χ0n) is 9.66. The van der Waals surface area contributed by atoms with Gasteiger partial charge in [0, 0.05) is 4.91 Å². The second-order valence-electron chi connectivity index (χ2n) is 3.26. The Balaban J connectivity index is 2.93. The van der Waals surface area contributed by atoms with Gasteiger partial charge in [0.25, 0.3) is 0 Å². The summed E-state index contributed by atoms with van der Waals surface area (Å²) in [5.74, 6) is 0.0863. The van der Waals surface area contributed by atoms with E-state index in [0.717, 1.165) is 5.56 Å². The second-order valence-corrected chi connectivity index (χ2v) is 3.26. The van der Waals surface area contributed by atoms with Gasteiger partial charge in [-0.2, -0.15) is 0 Å². The minimum absolute atomic E-state index is 0.251. The van der Waals surface area contributed by atoms with Gasteiger partial charge in [0.1, 0.15) is 11.8 Å². The van der Waals surface area contributed by atoms with Crippen LogP contribution >= 0.6 is 0 Å². The molecular formula is C11H13N3O3. The predicted octanol–water partition coefficient (Wildman–Crippen LogP) is 2.09. The largest absolute Gasteiger partial charge is 0.496 e. The van der Waals surface area contributed by atoms with Gasteiger partial charge in [-0.05, 0) is 23.6 Å². The minimum Gasteiger partial charge on any atom is -0.496 e. The van der Waals surface area contributed by atoms with Crippen molar-refractivity contribution in [3.05, 3.63) is 40.3 Å². The monoisotopic (exact) mass is 235 g/mol. The fourth-order valence-electron chi connectivity index (χ4n) is 1.45. The third kappa shape index (κ3) is 3.39. The van der Waals surface area contributed by atoms with Gasteiger partial charge in [-0.25, -0.2) is 0 Å². The number of nitrogens with zero attached hydrogens (tertiary/aromatic N) is 3. The number of rotatable bonds is 5. The summed E-state index contributed by atoms with van der Waals surface area (Å²) in [5.41, 5.74) is 9.19. The third-order valence-electron chi connectivity index (χ3n) is 2.27. The molecule has 1 aromatic rings. The maximum absolute atomic E-state index is 11.4. The summed E-state index contributed by atoms with van der Waals surface area (Å²) in [4.78, 5) is 14.0. The lowest BCUT2D eigenvalue weighted by Gasteiger charge is -2.11. The first-order valence-corrected chi connectivity index (χ1v) is 4.96. The number of hydrogen-bond acceptors (Lipinski definition) is 4. The first kappa shape index (κ1) is 12.9. The van der Waals surface area contributed by atoms with Gasteiger partial charge < -0.3 is 9.47 Å². The highest BCUT2D eigenvalue weighted by atomic mass is 16.5. The Morgan fingerprint density at radius 3 is 2.76 bits per heavy atom. The van der Waals surface area contributed by atoms with Crippen LogP contribution in [0, 0.1) is 0 Å². The first-order valence-electron chi connectivity index (χ1n) is 4.96. The van der Waals surface area contributed by atoms with E-state index in [4.69, 9.17) is 10.3 Å². The van der Waals surface area contributed by atoms with Crippen LogP contribution in [-0.4, -0.2) is 26.2 Å². The van der Waals surface area contributed by atoms with E-state index in [0.29, 0.717) is 5.75 Å². The number of methoxy groups -OCH3 is 2. The van der Waals surface area contributed by atoms with Crippen molar-refractivity contribution in [3.63, 3.8) is 0 Å².